The lowest BCUT2D eigenvalue weighted by molar-refractivity contribution is -0.117. The molecule has 29 heavy (non-hydrogen) atoms. The lowest BCUT2D eigenvalue weighted by Crippen LogP contribution is -2.37. The zero-order valence-electron chi connectivity index (χ0n) is 16.2. The summed E-state index contributed by atoms with van der Waals surface area (Å²) < 4.78 is 0. The van der Waals surface area contributed by atoms with Crippen molar-refractivity contribution < 1.29 is 4.79 Å². The largest absolute Gasteiger partial charge is 0.302 e. The number of anilines is 2. The Hall–Kier alpha value is -1.92. The Balaban J connectivity index is 1.59. The van der Waals surface area contributed by atoms with Crippen molar-refractivity contribution in [3.63, 3.8) is 0 Å². The number of fused-ring (bicyclic) bond motifs is 2. The van der Waals surface area contributed by atoms with Gasteiger partial charge in [0.15, 0.2) is 0 Å². The zero-order valence-corrected chi connectivity index (χ0v) is 18.6. The maximum atomic E-state index is 13.3. The average Bonchev–Trinajstić information content (AvgIpc) is 2.75. The van der Waals surface area contributed by atoms with E-state index in [1.807, 2.05) is 53.6 Å². The van der Waals surface area contributed by atoms with Crippen LogP contribution in [-0.4, -0.2) is 18.7 Å². The minimum atomic E-state index is 0.0260. The number of nitrogens with zero attached hydrogens (tertiary/aromatic N) is 1. The summed E-state index contributed by atoms with van der Waals surface area (Å²) in [5.41, 5.74) is 2.99. The molecule has 0 fully saturated rings. The maximum absolute atomic E-state index is 13.3. The highest BCUT2D eigenvalue weighted by atomic mass is 35.5. The summed E-state index contributed by atoms with van der Waals surface area (Å²) in [5.74, 6) is 0.0260. The monoisotopic (exact) mass is 440 g/mol. The van der Waals surface area contributed by atoms with Gasteiger partial charge in [0.05, 0.1) is 17.9 Å². The Morgan fingerprint density at radius 3 is 2.55 bits per heavy atom. The van der Waals surface area contributed by atoms with E-state index in [-0.39, 0.29) is 18.5 Å². The van der Waals surface area contributed by atoms with Gasteiger partial charge in [-0.1, -0.05) is 47.6 Å². The Morgan fingerprint density at radius 2 is 1.79 bits per heavy atom. The van der Waals surface area contributed by atoms with Crippen LogP contribution in [-0.2, 0) is 4.79 Å². The van der Waals surface area contributed by atoms with Crippen LogP contribution in [0.3, 0.4) is 0 Å². The van der Waals surface area contributed by atoms with Crippen molar-refractivity contribution >= 4 is 52.4 Å². The van der Waals surface area contributed by atoms with Crippen LogP contribution in [0.25, 0.3) is 0 Å². The molecule has 0 saturated carbocycles. The Kier molecular flexibility index (Phi) is 6.20. The molecule has 1 aliphatic heterocycles. The third kappa shape index (κ3) is 4.33. The minimum Gasteiger partial charge on any atom is -0.302 e. The quantitative estimate of drug-likeness (QED) is 0.456. The van der Waals surface area contributed by atoms with Gasteiger partial charge in [-0.2, -0.15) is 0 Å². The van der Waals surface area contributed by atoms with Crippen molar-refractivity contribution in [3.8, 4) is 0 Å². The van der Waals surface area contributed by atoms with Gasteiger partial charge < -0.3 is 5.32 Å². The summed E-state index contributed by atoms with van der Waals surface area (Å²) in [6.07, 6.45) is 2.05. The van der Waals surface area contributed by atoms with E-state index in [4.69, 9.17) is 11.6 Å². The first-order valence-electron chi connectivity index (χ1n) is 9.33. The first kappa shape index (κ1) is 20.4. The number of nitrogens with one attached hydrogen (secondary N) is 1. The van der Waals surface area contributed by atoms with Gasteiger partial charge >= 0.3 is 0 Å². The number of thioether (sulfide) groups is 1. The van der Waals surface area contributed by atoms with Crippen molar-refractivity contribution in [2.75, 3.05) is 17.7 Å². The van der Waals surface area contributed by atoms with Crippen LogP contribution < -0.4 is 10.2 Å². The predicted octanol–water partition coefficient (Wildman–Crippen LogP) is 6.54. The average molecular weight is 441 g/mol. The normalized spacial score (nSPS) is 13.6. The maximum Gasteiger partial charge on any atom is 0.245 e. The molecule has 6 heteroatoms. The van der Waals surface area contributed by atoms with Gasteiger partial charge in [-0.05, 0) is 61.2 Å². The fraction of sp³-hybridized carbons (Fsp3) is 0.174. The number of carbonyl (C=O) groups is 1. The smallest absolute Gasteiger partial charge is 0.245 e. The molecule has 0 radical (unpaired) electrons. The van der Waals surface area contributed by atoms with Crippen molar-refractivity contribution in [2.45, 2.75) is 27.7 Å². The SMILES string of the molecule is CSc1ccc2c(c1)N(C(=O)CNC(C)c1ccc(Cl)cc1)c1ccccc1S2. The second kappa shape index (κ2) is 8.84. The first-order valence-corrected chi connectivity index (χ1v) is 11.8. The Morgan fingerprint density at radius 1 is 1.07 bits per heavy atom. The molecule has 3 aromatic carbocycles. The van der Waals surface area contributed by atoms with E-state index in [9.17, 15) is 4.79 Å². The number of hydrogen-bond donors (Lipinski definition) is 1. The highest BCUT2D eigenvalue weighted by Gasteiger charge is 2.28. The molecule has 3 aromatic rings. The highest BCUT2D eigenvalue weighted by Crippen LogP contribution is 2.48. The molecule has 0 bridgehead atoms. The van der Waals surface area contributed by atoms with Gasteiger partial charge in [-0.25, -0.2) is 0 Å². The standard InChI is InChI=1S/C23H21ClN2OS2/c1-15(16-7-9-17(24)10-8-16)25-14-23(27)26-19-5-3-4-6-21(19)29-22-12-11-18(28-2)13-20(22)26/h3-13,15,25H,14H2,1-2H3. The summed E-state index contributed by atoms with van der Waals surface area (Å²) in [7, 11) is 0. The highest BCUT2D eigenvalue weighted by molar-refractivity contribution is 8.00. The first-order chi connectivity index (χ1) is 14.1. The van der Waals surface area contributed by atoms with Gasteiger partial charge in [0.25, 0.3) is 0 Å². The van der Waals surface area contributed by atoms with Crippen LogP contribution in [0.15, 0.2) is 81.4 Å². The molecule has 4 rings (SSSR count). The number of benzene rings is 3. The second-order valence-electron chi connectivity index (χ2n) is 6.79. The van der Waals surface area contributed by atoms with Crippen LogP contribution in [0, 0.1) is 0 Å². The fourth-order valence-corrected chi connectivity index (χ4v) is 4.92. The van der Waals surface area contributed by atoms with E-state index < -0.39 is 0 Å². The summed E-state index contributed by atoms with van der Waals surface area (Å²) in [5, 5.41) is 4.07. The number of amides is 1. The molecule has 0 aromatic heterocycles. The molecular formula is C23H21ClN2OS2. The second-order valence-corrected chi connectivity index (χ2v) is 9.19. The van der Waals surface area contributed by atoms with Crippen molar-refractivity contribution in [2.24, 2.45) is 0 Å². The summed E-state index contributed by atoms with van der Waals surface area (Å²) in [6, 6.07) is 22.1. The third-order valence-corrected chi connectivity index (χ3v) is 7.02. The number of para-hydroxylation sites is 1. The van der Waals surface area contributed by atoms with E-state index in [1.165, 1.54) is 0 Å². The van der Waals surface area contributed by atoms with Crippen LogP contribution >= 0.6 is 35.1 Å². The molecule has 0 saturated heterocycles. The Bertz CT molecular complexity index is 1040. The molecule has 1 amide bonds. The van der Waals surface area contributed by atoms with E-state index in [1.54, 1.807) is 23.5 Å². The molecule has 1 unspecified atom stereocenters. The van der Waals surface area contributed by atoms with Crippen molar-refractivity contribution in [3.05, 3.63) is 77.3 Å². The topological polar surface area (TPSA) is 32.3 Å². The lowest BCUT2D eigenvalue weighted by Gasteiger charge is -2.32. The zero-order chi connectivity index (χ0) is 20.4. The van der Waals surface area contributed by atoms with Crippen LogP contribution in [0.1, 0.15) is 18.5 Å². The predicted molar refractivity (Wildman–Crippen MR) is 124 cm³/mol. The van der Waals surface area contributed by atoms with E-state index in [2.05, 4.69) is 36.5 Å². The van der Waals surface area contributed by atoms with Gasteiger partial charge in [0, 0.05) is 25.8 Å². The van der Waals surface area contributed by atoms with Crippen LogP contribution in [0.4, 0.5) is 11.4 Å². The minimum absolute atomic E-state index is 0.0260. The molecule has 0 spiro atoms. The number of halogens is 1. The number of hydrogen-bond acceptors (Lipinski definition) is 4. The van der Waals surface area contributed by atoms with Gasteiger partial charge in [0.1, 0.15) is 0 Å². The molecule has 0 aliphatic carbocycles. The number of carbonyl (C=O) groups excluding carboxylic acids is 1. The van der Waals surface area contributed by atoms with E-state index >= 15 is 0 Å². The van der Waals surface area contributed by atoms with Crippen molar-refractivity contribution in [1.82, 2.24) is 5.32 Å². The van der Waals surface area contributed by atoms with Gasteiger partial charge in [0.2, 0.25) is 5.91 Å². The lowest BCUT2D eigenvalue weighted by atomic mass is 10.1. The molecule has 148 valence electrons. The third-order valence-electron chi connectivity index (χ3n) is 4.91. The summed E-state index contributed by atoms with van der Waals surface area (Å²) in [4.78, 5) is 18.5. The van der Waals surface area contributed by atoms with Crippen LogP contribution in [0.2, 0.25) is 5.02 Å². The van der Waals surface area contributed by atoms with E-state index in [0.717, 1.165) is 31.6 Å². The molecule has 1 N–H and O–H groups in total. The molecule has 1 heterocycles. The molecule has 1 atom stereocenters. The fourth-order valence-electron chi connectivity index (χ4n) is 3.32. The van der Waals surface area contributed by atoms with Gasteiger partial charge in [-0.15, -0.1) is 11.8 Å². The van der Waals surface area contributed by atoms with Crippen molar-refractivity contribution in [1.29, 1.82) is 0 Å². The Labute approximate surface area is 184 Å². The van der Waals surface area contributed by atoms with Crippen LogP contribution in [0.5, 0.6) is 0 Å². The summed E-state index contributed by atoms with van der Waals surface area (Å²) in [6.45, 7) is 2.29. The number of rotatable bonds is 5. The molecule has 3 nitrogen and oxygen atoms in total. The van der Waals surface area contributed by atoms with Gasteiger partial charge in [-0.3, -0.25) is 9.69 Å². The molecule has 1 aliphatic rings. The van der Waals surface area contributed by atoms with E-state index in [0.29, 0.717) is 5.02 Å². The molecular weight excluding hydrogens is 420 g/mol. The summed E-state index contributed by atoms with van der Waals surface area (Å²) >= 11 is 9.37.